The Hall–Kier alpha value is -3.19. The van der Waals surface area contributed by atoms with Crippen LogP contribution in [0.1, 0.15) is 16.1 Å². The van der Waals surface area contributed by atoms with Gasteiger partial charge in [0.15, 0.2) is 0 Å². The van der Waals surface area contributed by atoms with Crippen molar-refractivity contribution in [1.82, 2.24) is 4.40 Å². The van der Waals surface area contributed by atoms with Crippen molar-refractivity contribution in [2.45, 2.75) is 0 Å². The zero-order chi connectivity index (χ0) is 16.2. The van der Waals surface area contributed by atoms with Gasteiger partial charge in [0.25, 0.3) is 0 Å². The van der Waals surface area contributed by atoms with E-state index in [1.54, 1.807) is 29.8 Å². The number of ether oxygens (including phenoxy) is 2. The lowest BCUT2D eigenvalue weighted by molar-refractivity contribution is 0.103. The van der Waals surface area contributed by atoms with Crippen molar-refractivity contribution in [2.75, 3.05) is 13.7 Å². The first kappa shape index (κ1) is 14.7. The lowest BCUT2D eigenvalue weighted by Crippen LogP contribution is -2.07. The van der Waals surface area contributed by atoms with Gasteiger partial charge in [-0.25, -0.2) is 0 Å². The molecular weight excluding hydrogens is 290 g/mol. The molecule has 0 saturated carbocycles. The van der Waals surface area contributed by atoms with Gasteiger partial charge in [-0.2, -0.15) is 0 Å². The maximum Gasteiger partial charge on any atom is 0.213 e. The van der Waals surface area contributed by atoms with Crippen LogP contribution in [0.15, 0.2) is 54.7 Å². The van der Waals surface area contributed by atoms with Gasteiger partial charge in [-0.05, 0) is 12.1 Å². The van der Waals surface area contributed by atoms with Crippen LogP contribution >= 0.6 is 0 Å². The largest absolute Gasteiger partial charge is 0.494 e. The van der Waals surface area contributed by atoms with Crippen LogP contribution in [0.5, 0.6) is 11.5 Å². The minimum Gasteiger partial charge on any atom is -0.494 e. The molecule has 0 saturated heterocycles. The molecule has 0 aliphatic rings. The second kappa shape index (κ2) is 6.29. The van der Waals surface area contributed by atoms with Gasteiger partial charge >= 0.3 is 0 Å². The average molecular weight is 305 g/mol. The van der Waals surface area contributed by atoms with E-state index in [0.29, 0.717) is 22.8 Å². The topological polar surface area (TPSA) is 39.9 Å². The first-order valence-corrected chi connectivity index (χ1v) is 7.09. The van der Waals surface area contributed by atoms with Crippen LogP contribution in [-0.2, 0) is 0 Å². The fraction of sp³-hybridized carbons (Fsp3) is 0.105. The first-order valence-electron chi connectivity index (χ1n) is 7.09. The monoisotopic (exact) mass is 305 g/mol. The molecule has 0 bridgehead atoms. The number of rotatable bonds is 5. The van der Waals surface area contributed by atoms with Crippen LogP contribution in [0.4, 0.5) is 0 Å². The van der Waals surface area contributed by atoms with Crippen molar-refractivity contribution >= 4 is 11.3 Å². The number of pyridine rings is 1. The molecule has 1 aromatic carbocycles. The third-order valence-electron chi connectivity index (χ3n) is 3.50. The third kappa shape index (κ3) is 2.77. The van der Waals surface area contributed by atoms with Crippen LogP contribution in [-0.4, -0.2) is 23.9 Å². The highest BCUT2D eigenvalue weighted by Crippen LogP contribution is 2.28. The zero-order valence-corrected chi connectivity index (χ0v) is 12.7. The molecule has 4 heteroatoms. The summed E-state index contributed by atoms with van der Waals surface area (Å²) in [6.45, 7) is 0.172. The first-order chi connectivity index (χ1) is 11.2. The van der Waals surface area contributed by atoms with Gasteiger partial charge in [0.2, 0.25) is 5.78 Å². The van der Waals surface area contributed by atoms with E-state index in [4.69, 9.17) is 15.9 Å². The zero-order valence-electron chi connectivity index (χ0n) is 12.7. The number of methoxy groups -OCH3 is 1. The smallest absolute Gasteiger partial charge is 0.213 e. The predicted molar refractivity (Wildman–Crippen MR) is 88.2 cm³/mol. The summed E-state index contributed by atoms with van der Waals surface area (Å²) in [5.74, 6) is 3.42. The quantitative estimate of drug-likeness (QED) is 0.537. The Labute approximate surface area is 134 Å². The summed E-state index contributed by atoms with van der Waals surface area (Å²) in [4.78, 5) is 12.9. The minimum absolute atomic E-state index is 0.114. The van der Waals surface area contributed by atoms with Crippen molar-refractivity contribution in [3.8, 4) is 23.8 Å². The summed E-state index contributed by atoms with van der Waals surface area (Å²) in [7, 11) is 1.55. The molecule has 0 radical (unpaired) electrons. The molecule has 0 amide bonds. The third-order valence-corrected chi connectivity index (χ3v) is 3.50. The minimum atomic E-state index is -0.114. The normalized spacial score (nSPS) is 10.3. The number of carbonyl (C=O) groups is 1. The molecule has 0 aliphatic carbocycles. The number of ketones is 1. The van der Waals surface area contributed by atoms with E-state index in [9.17, 15) is 4.79 Å². The van der Waals surface area contributed by atoms with Gasteiger partial charge in [-0.1, -0.05) is 36.3 Å². The number of carbonyl (C=O) groups excluding carboxylic acids is 1. The average Bonchev–Trinajstić information content (AvgIpc) is 2.97. The molecule has 0 fully saturated rings. The highest BCUT2D eigenvalue weighted by molar-refractivity contribution is 6.10. The molecule has 2 heterocycles. The van der Waals surface area contributed by atoms with Crippen LogP contribution in [0.2, 0.25) is 0 Å². The van der Waals surface area contributed by atoms with Crippen LogP contribution < -0.4 is 9.47 Å². The molecule has 0 unspecified atom stereocenters. The molecule has 0 spiro atoms. The summed E-state index contributed by atoms with van der Waals surface area (Å²) in [6.07, 6.45) is 6.95. The fourth-order valence-electron chi connectivity index (χ4n) is 2.44. The van der Waals surface area contributed by atoms with Crippen LogP contribution in [0.3, 0.4) is 0 Å². The lowest BCUT2D eigenvalue weighted by atomic mass is 10.1. The summed E-state index contributed by atoms with van der Waals surface area (Å²) < 4.78 is 12.6. The summed E-state index contributed by atoms with van der Waals surface area (Å²) in [5.41, 5.74) is 1.90. The molecule has 2 aromatic heterocycles. The van der Waals surface area contributed by atoms with Crippen molar-refractivity contribution in [3.63, 3.8) is 0 Å². The van der Waals surface area contributed by atoms with Gasteiger partial charge in [-0.3, -0.25) is 4.79 Å². The maximum absolute atomic E-state index is 12.9. The standard InChI is InChI=1S/C19H15NO3/c1-3-11-23-16-10-9-15-12-17(22-2)18(20(15)13-16)19(21)14-7-5-4-6-8-14/h1,4-10,12-13H,11H2,2H3. The molecule has 3 aromatic rings. The number of nitrogens with zero attached hydrogens (tertiary/aromatic N) is 1. The van der Waals surface area contributed by atoms with Gasteiger partial charge in [0.1, 0.15) is 23.8 Å². The SMILES string of the molecule is C#CCOc1ccc2cc(OC)c(C(=O)c3ccccc3)n2c1. The Morgan fingerprint density at radius 1 is 1.22 bits per heavy atom. The summed E-state index contributed by atoms with van der Waals surface area (Å²) in [6, 6.07) is 14.6. The number of aromatic nitrogens is 1. The van der Waals surface area contributed by atoms with Crippen molar-refractivity contribution in [3.05, 3.63) is 66.0 Å². The van der Waals surface area contributed by atoms with Crippen LogP contribution in [0, 0.1) is 12.3 Å². The van der Waals surface area contributed by atoms with Crippen molar-refractivity contribution < 1.29 is 14.3 Å². The van der Waals surface area contributed by atoms with Crippen molar-refractivity contribution in [1.29, 1.82) is 0 Å². The van der Waals surface area contributed by atoms with Gasteiger partial charge < -0.3 is 13.9 Å². The summed E-state index contributed by atoms with van der Waals surface area (Å²) >= 11 is 0. The predicted octanol–water partition coefficient (Wildman–Crippen LogP) is 3.19. The van der Waals surface area contributed by atoms with E-state index in [2.05, 4.69) is 5.92 Å². The van der Waals surface area contributed by atoms with E-state index in [1.807, 2.05) is 36.4 Å². The summed E-state index contributed by atoms with van der Waals surface area (Å²) in [5, 5.41) is 0. The Kier molecular flexibility index (Phi) is 4.03. The number of hydrogen-bond donors (Lipinski definition) is 0. The highest BCUT2D eigenvalue weighted by Gasteiger charge is 2.20. The van der Waals surface area contributed by atoms with Crippen molar-refractivity contribution in [2.24, 2.45) is 0 Å². The lowest BCUT2D eigenvalue weighted by Gasteiger charge is -2.07. The number of benzene rings is 1. The second-order valence-corrected chi connectivity index (χ2v) is 4.91. The molecule has 0 aliphatic heterocycles. The Morgan fingerprint density at radius 3 is 2.70 bits per heavy atom. The van der Waals surface area contributed by atoms with E-state index in [-0.39, 0.29) is 12.4 Å². The Morgan fingerprint density at radius 2 is 2.00 bits per heavy atom. The molecule has 23 heavy (non-hydrogen) atoms. The second-order valence-electron chi connectivity index (χ2n) is 4.91. The number of fused-ring (bicyclic) bond motifs is 1. The van der Waals surface area contributed by atoms with E-state index >= 15 is 0 Å². The molecule has 0 N–H and O–H groups in total. The van der Waals surface area contributed by atoms with Crippen LogP contribution in [0.25, 0.3) is 5.52 Å². The Balaban J connectivity index is 2.13. The van der Waals surface area contributed by atoms with Gasteiger partial charge in [-0.15, -0.1) is 6.42 Å². The number of hydrogen-bond acceptors (Lipinski definition) is 3. The van der Waals surface area contributed by atoms with E-state index < -0.39 is 0 Å². The van der Waals surface area contributed by atoms with Gasteiger partial charge in [0.05, 0.1) is 13.3 Å². The molecule has 4 nitrogen and oxygen atoms in total. The molecular formula is C19H15NO3. The molecule has 0 atom stereocenters. The maximum atomic E-state index is 12.9. The Bertz CT molecular complexity index is 888. The molecule has 114 valence electrons. The number of terminal acetylenes is 1. The highest BCUT2D eigenvalue weighted by atomic mass is 16.5. The van der Waals surface area contributed by atoms with Gasteiger partial charge in [0, 0.05) is 17.1 Å². The fourth-order valence-corrected chi connectivity index (χ4v) is 2.44. The van der Waals surface area contributed by atoms with E-state index in [0.717, 1.165) is 5.52 Å². The molecule has 3 rings (SSSR count). The van der Waals surface area contributed by atoms with E-state index in [1.165, 1.54) is 0 Å².